The van der Waals surface area contributed by atoms with Gasteiger partial charge in [-0.15, -0.1) is 0 Å². The minimum atomic E-state index is -0.586. The molecule has 0 aliphatic carbocycles. The maximum atomic E-state index is 13.4. The second kappa shape index (κ2) is 7.55. The molecule has 0 aromatic heterocycles. The highest BCUT2D eigenvalue weighted by atomic mass is 19.1. The summed E-state index contributed by atoms with van der Waals surface area (Å²) in [6, 6.07) is 16.0. The maximum Gasteiger partial charge on any atom is 0.249 e. The van der Waals surface area contributed by atoms with Crippen molar-refractivity contribution in [3.05, 3.63) is 71.5 Å². The van der Waals surface area contributed by atoms with Crippen molar-refractivity contribution in [3.63, 3.8) is 0 Å². The van der Waals surface area contributed by atoms with E-state index in [1.807, 2.05) is 30.3 Å². The van der Waals surface area contributed by atoms with Crippen LogP contribution in [0.1, 0.15) is 18.1 Å². The molecule has 0 fully saturated rings. The van der Waals surface area contributed by atoms with Crippen LogP contribution in [0.15, 0.2) is 54.6 Å². The summed E-state index contributed by atoms with van der Waals surface area (Å²) in [5, 5.41) is 2.67. The second-order valence-corrected chi connectivity index (χ2v) is 4.75. The molecule has 0 radical (unpaired) electrons. The third kappa shape index (κ3) is 4.68. The Morgan fingerprint density at radius 3 is 2.52 bits per heavy atom. The first kappa shape index (κ1) is 15.2. The second-order valence-electron chi connectivity index (χ2n) is 4.75. The summed E-state index contributed by atoms with van der Waals surface area (Å²) in [7, 11) is 0. The third-order valence-corrected chi connectivity index (χ3v) is 3.12. The van der Waals surface area contributed by atoms with Crippen molar-refractivity contribution < 1.29 is 13.9 Å². The van der Waals surface area contributed by atoms with Gasteiger partial charge in [0.25, 0.3) is 0 Å². The number of rotatable bonds is 6. The lowest BCUT2D eigenvalue weighted by Crippen LogP contribution is -2.34. The minimum Gasteiger partial charge on any atom is -0.364 e. The van der Waals surface area contributed by atoms with Crippen LogP contribution in [0.25, 0.3) is 0 Å². The number of halogens is 1. The van der Waals surface area contributed by atoms with Crippen molar-refractivity contribution in [3.8, 4) is 0 Å². The predicted octanol–water partition coefficient (Wildman–Crippen LogP) is 3.05. The average molecular weight is 287 g/mol. The molecule has 3 nitrogen and oxygen atoms in total. The Hall–Kier alpha value is -2.20. The fourth-order valence-electron chi connectivity index (χ4n) is 1.84. The minimum absolute atomic E-state index is 0.157. The molecule has 0 spiro atoms. The van der Waals surface area contributed by atoms with Gasteiger partial charge in [0, 0.05) is 12.1 Å². The lowest BCUT2D eigenvalue weighted by molar-refractivity contribution is -0.132. The van der Waals surface area contributed by atoms with Crippen LogP contribution in [0.4, 0.5) is 4.39 Å². The molecule has 0 bridgehead atoms. The van der Waals surface area contributed by atoms with Gasteiger partial charge in [-0.2, -0.15) is 0 Å². The molecular weight excluding hydrogens is 269 g/mol. The number of carbonyl (C=O) groups is 1. The molecule has 0 unspecified atom stereocenters. The van der Waals surface area contributed by atoms with Crippen molar-refractivity contribution in [1.82, 2.24) is 5.32 Å². The van der Waals surface area contributed by atoms with Gasteiger partial charge in [0.15, 0.2) is 0 Å². The molecule has 1 atom stereocenters. The normalized spacial score (nSPS) is 11.9. The van der Waals surface area contributed by atoms with E-state index in [2.05, 4.69) is 5.32 Å². The van der Waals surface area contributed by atoms with Crippen LogP contribution in [0.5, 0.6) is 0 Å². The van der Waals surface area contributed by atoms with Crippen molar-refractivity contribution >= 4 is 5.91 Å². The zero-order valence-corrected chi connectivity index (χ0v) is 11.9. The van der Waals surface area contributed by atoms with E-state index in [1.54, 1.807) is 25.1 Å². The van der Waals surface area contributed by atoms with Gasteiger partial charge in [-0.1, -0.05) is 48.5 Å². The van der Waals surface area contributed by atoms with E-state index in [4.69, 9.17) is 4.74 Å². The van der Waals surface area contributed by atoms with Gasteiger partial charge in [-0.05, 0) is 18.6 Å². The summed E-state index contributed by atoms with van der Waals surface area (Å²) in [4.78, 5) is 11.9. The summed E-state index contributed by atoms with van der Waals surface area (Å²) in [5.41, 5.74) is 1.47. The smallest absolute Gasteiger partial charge is 0.249 e. The van der Waals surface area contributed by atoms with E-state index in [9.17, 15) is 9.18 Å². The van der Waals surface area contributed by atoms with Gasteiger partial charge in [-0.25, -0.2) is 4.39 Å². The number of hydrogen-bond acceptors (Lipinski definition) is 2. The van der Waals surface area contributed by atoms with E-state index in [-0.39, 0.29) is 18.3 Å². The highest BCUT2D eigenvalue weighted by Gasteiger charge is 2.13. The number of nitrogens with one attached hydrogen (secondary N) is 1. The van der Waals surface area contributed by atoms with E-state index in [0.717, 1.165) is 5.56 Å². The maximum absolute atomic E-state index is 13.4. The zero-order valence-electron chi connectivity index (χ0n) is 11.9. The van der Waals surface area contributed by atoms with Crippen LogP contribution in [-0.4, -0.2) is 12.0 Å². The SMILES string of the molecule is C[C@@H](OCc1ccccc1)C(=O)NCc1ccccc1F. The number of amides is 1. The Morgan fingerprint density at radius 2 is 1.81 bits per heavy atom. The Bertz CT molecular complexity index is 586. The Labute approximate surface area is 123 Å². The number of hydrogen-bond donors (Lipinski definition) is 1. The Kier molecular flexibility index (Phi) is 5.46. The van der Waals surface area contributed by atoms with Crippen molar-refractivity contribution in [2.24, 2.45) is 0 Å². The van der Waals surface area contributed by atoms with Crippen LogP contribution in [0.3, 0.4) is 0 Å². The van der Waals surface area contributed by atoms with Gasteiger partial charge in [0.2, 0.25) is 5.91 Å². The van der Waals surface area contributed by atoms with Gasteiger partial charge >= 0.3 is 0 Å². The van der Waals surface area contributed by atoms with Crippen LogP contribution >= 0.6 is 0 Å². The molecule has 1 N–H and O–H groups in total. The van der Waals surface area contributed by atoms with Crippen molar-refractivity contribution in [2.75, 3.05) is 0 Å². The molecule has 2 rings (SSSR count). The number of benzene rings is 2. The lowest BCUT2D eigenvalue weighted by atomic mass is 10.2. The molecular formula is C17H18FNO2. The summed E-state index contributed by atoms with van der Waals surface area (Å²) in [5.74, 6) is -0.579. The summed E-state index contributed by atoms with van der Waals surface area (Å²) < 4.78 is 18.9. The molecule has 0 aliphatic rings. The van der Waals surface area contributed by atoms with Crippen molar-refractivity contribution in [1.29, 1.82) is 0 Å². The highest BCUT2D eigenvalue weighted by molar-refractivity contribution is 5.80. The summed E-state index contributed by atoms with van der Waals surface area (Å²) in [6.45, 7) is 2.21. The number of carbonyl (C=O) groups excluding carboxylic acids is 1. The third-order valence-electron chi connectivity index (χ3n) is 3.12. The Balaban J connectivity index is 1.79. The Morgan fingerprint density at radius 1 is 1.14 bits per heavy atom. The van der Waals surface area contributed by atoms with Gasteiger partial charge in [0.05, 0.1) is 6.61 Å². The van der Waals surface area contributed by atoms with E-state index in [1.165, 1.54) is 6.07 Å². The standard InChI is InChI=1S/C17H18FNO2/c1-13(21-12-14-7-3-2-4-8-14)17(20)19-11-15-9-5-6-10-16(15)18/h2-10,13H,11-12H2,1H3,(H,19,20)/t13-/m1/s1. The molecule has 0 heterocycles. The van der Waals surface area contributed by atoms with Gasteiger partial charge in [0.1, 0.15) is 11.9 Å². The number of ether oxygens (including phenoxy) is 1. The molecule has 21 heavy (non-hydrogen) atoms. The van der Waals surface area contributed by atoms with Crippen molar-refractivity contribution in [2.45, 2.75) is 26.2 Å². The van der Waals surface area contributed by atoms with Gasteiger partial charge in [-0.3, -0.25) is 4.79 Å². The first-order valence-electron chi connectivity index (χ1n) is 6.83. The molecule has 110 valence electrons. The quantitative estimate of drug-likeness (QED) is 0.887. The van der Waals surface area contributed by atoms with Gasteiger partial charge < -0.3 is 10.1 Å². The lowest BCUT2D eigenvalue weighted by Gasteiger charge is -2.13. The summed E-state index contributed by atoms with van der Waals surface area (Å²) >= 11 is 0. The zero-order chi connectivity index (χ0) is 15.1. The monoisotopic (exact) mass is 287 g/mol. The molecule has 0 saturated heterocycles. The molecule has 4 heteroatoms. The fourth-order valence-corrected chi connectivity index (χ4v) is 1.84. The summed E-state index contributed by atoms with van der Waals surface area (Å²) in [6.07, 6.45) is -0.586. The molecule has 2 aromatic carbocycles. The topological polar surface area (TPSA) is 38.3 Å². The van der Waals surface area contributed by atoms with Crippen LogP contribution in [0.2, 0.25) is 0 Å². The molecule has 1 amide bonds. The van der Waals surface area contributed by atoms with E-state index < -0.39 is 6.10 Å². The van der Waals surface area contributed by atoms with Crippen LogP contribution in [-0.2, 0) is 22.7 Å². The highest BCUT2D eigenvalue weighted by Crippen LogP contribution is 2.07. The first-order valence-corrected chi connectivity index (χ1v) is 6.83. The predicted molar refractivity (Wildman–Crippen MR) is 78.9 cm³/mol. The first-order chi connectivity index (χ1) is 10.2. The van der Waals surface area contributed by atoms with Crippen LogP contribution < -0.4 is 5.32 Å². The van der Waals surface area contributed by atoms with E-state index >= 15 is 0 Å². The fraction of sp³-hybridized carbons (Fsp3) is 0.235. The molecule has 2 aromatic rings. The van der Waals surface area contributed by atoms with E-state index in [0.29, 0.717) is 12.2 Å². The average Bonchev–Trinajstić information content (AvgIpc) is 2.52. The molecule has 0 aliphatic heterocycles. The van der Waals surface area contributed by atoms with Crippen LogP contribution in [0, 0.1) is 5.82 Å². The molecule has 0 saturated carbocycles. The largest absolute Gasteiger partial charge is 0.364 e.